The van der Waals surface area contributed by atoms with E-state index < -0.39 is 6.10 Å². The highest BCUT2D eigenvalue weighted by Crippen LogP contribution is 2.20. The molecule has 0 aromatic carbocycles. The summed E-state index contributed by atoms with van der Waals surface area (Å²) in [7, 11) is 0. The Bertz CT molecular complexity index is 515. The molecule has 2 aromatic rings. The van der Waals surface area contributed by atoms with E-state index >= 15 is 0 Å². The molecule has 2 rings (SSSR count). The summed E-state index contributed by atoms with van der Waals surface area (Å²) in [6.07, 6.45) is 8.26. The molecule has 19 heavy (non-hydrogen) atoms. The molecule has 1 atom stereocenters. The molecule has 0 bridgehead atoms. The zero-order chi connectivity index (χ0) is 13.8. The summed E-state index contributed by atoms with van der Waals surface area (Å²) in [5.74, 6) is 0.922. The zero-order valence-corrected chi connectivity index (χ0v) is 11.8. The molecule has 0 spiro atoms. The third-order valence-electron chi connectivity index (χ3n) is 3.24. The number of aromatic nitrogens is 4. The summed E-state index contributed by atoms with van der Waals surface area (Å²) in [5, 5.41) is 10.4. The van der Waals surface area contributed by atoms with Gasteiger partial charge in [-0.05, 0) is 20.3 Å². The number of nitrogens with zero attached hydrogens (tertiary/aromatic N) is 4. The van der Waals surface area contributed by atoms with Crippen molar-refractivity contribution in [2.45, 2.75) is 52.3 Å². The lowest BCUT2D eigenvalue weighted by atomic mass is 10.1. The van der Waals surface area contributed by atoms with Gasteiger partial charge in [-0.25, -0.2) is 9.97 Å². The molecule has 104 valence electrons. The van der Waals surface area contributed by atoms with Gasteiger partial charge in [0.25, 0.3) is 0 Å². The van der Waals surface area contributed by atoms with Gasteiger partial charge in [-0.3, -0.25) is 0 Å². The first-order chi connectivity index (χ1) is 9.13. The lowest BCUT2D eigenvalue weighted by Crippen LogP contribution is -2.13. The lowest BCUT2D eigenvalue weighted by molar-refractivity contribution is 0.163. The predicted octanol–water partition coefficient (Wildman–Crippen LogP) is 2.35. The van der Waals surface area contributed by atoms with Crippen LogP contribution < -0.4 is 0 Å². The molecule has 2 aromatic heterocycles. The number of imidazole rings is 2. The minimum absolute atomic E-state index is 0.294. The second-order valence-electron chi connectivity index (χ2n) is 5.08. The Morgan fingerprint density at radius 1 is 1.37 bits per heavy atom. The maximum Gasteiger partial charge on any atom is 0.111 e. The summed E-state index contributed by atoms with van der Waals surface area (Å²) >= 11 is 0. The fourth-order valence-electron chi connectivity index (χ4n) is 2.26. The van der Waals surface area contributed by atoms with Gasteiger partial charge in [0.05, 0.1) is 18.2 Å². The minimum Gasteiger partial charge on any atom is -0.386 e. The van der Waals surface area contributed by atoms with Crippen LogP contribution in [0.5, 0.6) is 0 Å². The van der Waals surface area contributed by atoms with Gasteiger partial charge >= 0.3 is 0 Å². The van der Waals surface area contributed by atoms with Crippen molar-refractivity contribution < 1.29 is 5.11 Å². The Balaban J connectivity index is 2.14. The van der Waals surface area contributed by atoms with Crippen molar-refractivity contribution in [2.75, 3.05) is 0 Å². The number of aryl methyl sites for hydroxylation is 1. The number of aliphatic hydroxyl groups excluding tert-OH is 1. The van der Waals surface area contributed by atoms with Crippen molar-refractivity contribution in [3.05, 3.63) is 36.4 Å². The van der Waals surface area contributed by atoms with E-state index in [1.54, 1.807) is 18.7 Å². The van der Waals surface area contributed by atoms with Gasteiger partial charge < -0.3 is 14.2 Å². The van der Waals surface area contributed by atoms with Crippen LogP contribution in [-0.2, 0) is 13.0 Å². The van der Waals surface area contributed by atoms with E-state index in [9.17, 15) is 5.11 Å². The smallest absolute Gasteiger partial charge is 0.111 e. The highest BCUT2D eigenvalue weighted by atomic mass is 16.3. The molecule has 0 amide bonds. The van der Waals surface area contributed by atoms with E-state index in [0.29, 0.717) is 12.5 Å². The predicted molar refractivity (Wildman–Crippen MR) is 73.8 cm³/mol. The highest BCUT2D eigenvalue weighted by molar-refractivity contribution is 5.07. The van der Waals surface area contributed by atoms with Gasteiger partial charge in [0.15, 0.2) is 0 Å². The molecular formula is C14H22N4O. The third-order valence-corrected chi connectivity index (χ3v) is 3.24. The topological polar surface area (TPSA) is 55.9 Å². The summed E-state index contributed by atoms with van der Waals surface area (Å²) < 4.78 is 4.09. The number of aliphatic hydroxyl groups is 1. The van der Waals surface area contributed by atoms with Crippen LogP contribution in [0.1, 0.15) is 50.9 Å². The monoisotopic (exact) mass is 262 g/mol. The first-order valence-corrected chi connectivity index (χ1v) is 6.83. The average molecular weight is 262 g/mol. The van der Waals surface area contributed by atoms with E-state index in [1.807, 2.05) is 10.8 Å². The van der Waals surface area contributed by atoms with Gasteiger partial charge in [-0.1, -0.05) is 6.92 Å². The van der Waals surface area contributed by atoms with E-state index in [2.05, 4.69) is 35.3 Å². The average Bonchev–Trinajstić information content (AvgIpc) is 2.98. The van der Waals surface area contributed by atoms with Gasteiger partial charge in [-0.2, -0.15) is 0 Å². The van der Waals surface area contributed by atoms with E-state index in [0.717, 1.165) is 24.5 Å². The van der Waals surface area contributed by atoms with E-state index in [1.165, 1.54) is 0 Å². The Kier molecular flexibility index (Phi) is 4.37. The second-order valence-corrected chi connectivity index (χ2v) is 5.08. The minimum atomic E-state index is -0.567. The molecule has 0 aliphatic carbocycles. The van der Waals surface area contributed by atoms with Crippen LogP contribution in [0.3, 0.4) is 0 Å². The SMILES string of the molecule is CCCn1ccnc1CC(O)c1cncn1C(C)C. The van der Waals surface area contributed by atoms with Crippen molar-refractivity contribution in [3.63, 3.8) is 0 Å². The lowest BCUT2D eigenvalue weighted by Gasteiger charge is -2.16. The summed E-state index contributed by atoms with van der Waals surface area (Å²) in [5.41, 5.74) is 0.848. The Labute approximate surface area is 113 Å². The van der Waals surface area contributed by atoms with Gasteiger partial charge in [0.2, 0.25) is 0 Å². The van der Waals surface area contributed by atoms with Crippen LogP contribution in [0.2, 0.25) is 0 Å². The molecule has 2 heterocycles. The highest BCUT2D eigenvalue weighted by Gasteiger charge is 2.17. The third kappa shape index (κ3) is 3.04. The fraction of sp³-hybridized carbons (Fsp3) is 0.571. The van der Waals surface area contributed by atoms with Crippen LogP contribution >= 0.6 is 0 Å². The summed E-state index contributed by atoms with van der Waals surface area (Å²) in [4.78, 5) is 8.46. The Morgan fingerprint density at radius 3 is 2.84 bits per heavy atom. The second kappa shape index (κ2) is 6.02. The molecule has 5 heteroatoms. The van der Waals surface area contributed by atoms with Crippen LogP contribution in [-0.4, -0.2) is 24.2 Å². The first-order valence-electron chi connectivity index (χ1n) is 6.83. The van der Waals surface area contributed by atoms with E-state index in [-0.39, 0.29) is 0 Å². The van der Waals surface area contributed by atoms with Crippen molar-refractivity contribution in [3.8, 4) is 0 Å². The number of hydrogen-bond acceptors (Lipinski definition) is 3. The Hall–Kier alpha value is -1.62. The van der Waals surface area contributed by atoms with Crippen molar-refractivity contribution >= 4 is 0 Å². The molecule has 0 fully saturated rings. The normalized spacial score (nSPS) is 13.1. The molecule has 0 radical (unpaired) electrons. The number of rotatable bonds is 6. The largest absolute Gasteiger partial charge is 0.386 e. The zero-order valence-electron chi connectivity index (χ0n) is 11.8. The van der Waals surface area contributed by atoms with Crippen LogP contribution in [0, 0.1) is 0 Å². The van der Waals surface area contributed by atoms with Crippen LogP contribution in [0.4, 0.5) is 0 Å². The van der Waals surface area contributed by atoms with Crippen LogP contribution in [0.25, 0.3) is 0 Å². The van der Waals surface area contributed by atoms with Crippen molar-refractivity contribution in [1.82, 2.24) is 19.1 Å². The number of hydrogen-bond donors (Lipinski definition) is 1. The van der Waals surface area contributed by atoms with Crippen molar-refractivity contribution in [2.24, 2.45) is 0 Å². The van der Waals surface area contributed by atoms with Crippen LogP contribution in [0.15, 0.2) is 24.9 Å². The van der Waals surface area contributed by atoms with Crippen molar-refractivity contribution in [1.29, 1.82) is 0 Å². The maximum absolute atomic E-state index is 10.4. The quantitative estimate of drug-likeness (QED) is 0.869. The van der Waals surface area contributed by atoms with Gasteiger partial charge in [-0.15, -0.1) is 0 Å². The van der Waals surface area contributed by atoms with E-state index in [4.69, 9.17) is 0 Å². The Morgan fingerprint density at radius 2 is 2.16 bits per heavy atom. The molecule has 1 unspecified atom stereocenters. The molecule has 0 aliphatic rings. The molecule has 1 N–H and O–H groups in total. The molecule has 5 nitrogen and oxygen atoms in total. The molecular weight excluding hydrogens is 240 g/mol. The maximum atomic E-state index is 10.4. The van der Waals surface area contributed by atoms with Gasteiger partial charge in [0.1, 0.15) is 11.9 Å². The summed E-state index contributed by atoms with van der Waals surface area (Å²) in [6, 6.07) is 0.294. The standard InChI is InChI=1S/C14H22N4O/c1-4-6-17-7-5-16-14(17)8-13(19)12-9-15-10-18(12)11(2)3/h5,7,9-11,13,19H,4,6,8H2,1-3H3. The van der Waals surface area contributed by atoms with Gasteiger partial charge in [0, 0.05) is 31.4 Å². The molecule has 0 saturated heterocycles. The summed E-state index contributed by atoms with van der Waals surface area (Å²) in [6.45, 7) is 7.23. The fourth-order valence-corrected chi connectivity index (χ4v) is 2.26. The molecule has 0 aliphatic heterocycles. The first kappa shape index (κ1) is 13.8. The molecule has 0 saturated carbocycles.